The van der Waals surface area contributed by atoms with Gasteiger partial charge < -0.3 is 4.74 Å². The fourth-order valence-electron chi connectivity index (χ4n) is 3.17. The lowest BCUT2D eigenvalue weighted by Crippen LogP contribution is -2.41. The van der Waals surface area contributed by atoms with Crippen molar-refractivity contribution in [2.75, 3.05) is 0 Å². The number of halogens is 1. The average molecular weight is 387 g/mol. The van der Waals surface area contributed by atoms with E-state index in [0.717, 1.165) is 12.1 Å². The van der Waals surface area contributed by atoms with Gasteiger partial charge in [0.15, 0.2) is 0 Å². The van der Waals surface area contributed by atoms with Crippen molar-refractivity contribution >= 4 is 5.97 Å². The summed E-state index contributed by atoms with van der Waals surface area (Å²) in [5, 5.41) is 9.22. The predicted octanol–water partition coefficient (Wildman–Crippen LogP) is 2.54. The van der Waals surface area contributed by atoms with Crippen molar-refractivity contribution in [2.45, 2.75) is 46.6 Å². The molecule has 0 amide bonds. The van der Waals surface area contributed by atoms with Gasteiger partial charge in [-0.25, -0.2) is 18.5 Å². The largest absolute Gasteiger partial charge is 0.459 e. The van der Waals surface area contributed by atoms with E-state index in [1.165, 1.54) is 11.6 Å². The zero-order chi connectivity index (χ0) is 21.3. The second-order valence-electron chi connectivity index (χ2n) is 7.06. The maximum atomic E-state index is 14.7. The summed E-state index contributed by atoms with van der Waals surface area (Å²) in [5.41, 5.74) is -1.45. The van der Waals surface area contributed by atoms with Gasteiger partial charge in [0.1, 0.15) is 11.9 Å². The third-order valence-corrected chi connectivity index (χ3v) is 4.31. The Balaban J connectivity index is 2.87. The van der Waals surface area contributed by atoms with Gasteiger partial charge in [0.05, 0.1) is 22.9 Å². The number of esters is 1. The van der Waals surface area contributed by atoms with Crippen LogP contribution in [0.3, 0.4) is 0 Å². The molecule has 0 spiro atoms. The molecule has 2 rings (SSSR count). The van der Waals surface area contributed by atoms with Crippen LogP contribution < -0.4 is 11.2 Å². The maximum Gasteiger partial charge on any atom is 0.339 e. The molecule has 0 saturated carbocycles. The van der Waals surface area contributed by atoms with Crippen LogP contribution in [0.1, 0.15) is 60.8 Å². The average Bonchev–Trinajstić information content (AvgIpc) is 2.60. The van der Waals surface area contributed by atoms with E-state index in [0.29, 0.717) is 15.8 Å². The van der Waals surface area contributed by atoms with Crippen molar-refractivity contribution < 1.29 is 13.9 Å². The first-order valence-electron chi connectivity index (χ1n) is 8.78. The van der Waals surface area contributed by atoms with Gasteiger partial charge in [-0.05, 0) is 38.8 Å². The summed E-state index contributed by atoms with van der Waals surface area (Å²) in [6.07, 6.45) is -0.462. The van der Waals surface area contributed by atoms with Gasteiger partial charge in [-0.1, -0.05) is 13.8 Å². The highest BCUT2D eigenvalue weighted by Crippen LogP contribution is 2.20. The van der Waals surface area contributed by atoms with Gasteiger partial charge in [0, 0.05) is 18.3 Å². The van der Waals surface area contributed by atoms with E-state index >= 15 is 0 Å². The normalized spacial score (nSPS) is 11.0. The van der Waals surface area contributed by atoms with Crippen LogP contribution in [0.5, 0.6) is 0 Å². The topological polar surface area (TPSA) is 94.1 Å². The van der Waals surface area contributed by atoms with Crippen molar-refractivity contribution in [1.29, 1.82) is 5.26 Å². The number of carbonyl (C=O) groups is 1. The highest BCUT2D eigenvalue weighted by atomic mass is 19.1. The number of nitrogens with zero attached hydrogens (tertiary/aromatic N) is 3. The monoisotopic (exact) mass is 387 g/mol. The molecule has 1 aromatic heterocycles. The zero-order valence-corrected chi connectivity index (χ0v) is 16.7. The van der Waals surface area contributed by atoms with Crippen LogP contribution in [0.15, 0.2) is 21.7 Å². The SMILES string of the molecule is Cc1c(C(C)C)n(C)c(=O)n(-c2cc(C(=O)OC(C)C)c(C#N)cc2F)c1=O. The summed E-state index contributed by atoms with van der Waals surface area (Å²) in [4.78, 5) is 38.0. The molecule has 1 heterocycles. The van der Waals surface area contributed by atoms with Crippen molar-refractivity contribution in [3.05, 3.63) is 61.2 Å². The molecule has 0 radical (unpaired) electrons. The third-order valence-electron chi connectivity index (χ3n) is 4.31. The maximum absolute atomic E-state index is 14.7. The molecule has 28 heavy (non-hydrogen) atoms. The fourth-order valence-corrected chi connectivity index (χ4v) is 3.17. The van der Waals surface area contributed by atoms with Crippen LogP contribution in [0.25, 0.3) is 5.69 Å². The van der Waals surface area contributed by atoms with Crippen molar-refractivity contribution in [3.63, 3.8) is 0 Å². The lowest BCUT2D eigenvalue weighted by atomic mass is 10.0. The molecule has 0 aliphatic heterocycles. The Morgan fingerprint density at radius 2 is 1.82 bits per heavy atom. The van der Waals surface area contributed by atoms with E-state index in [9.17, 15) is 24.0 Å². The predicted molar refractivity (Wildman–Crippen MR) is 101 cm³/mol. The summed E-state index contributed by atoms with van der Waals surface area (Å²) in [6.45, 7) is 8.50. The van der Waals surface area contributed by atoms with E-state index < -0.39 is 34.8 Å². The molecule has 148 valence electrons. The van der Waals surface area contributed by atoms with E-state index in [2.05, 4.69) is 0 Å². The number of aromatic nitrogens is 2. The molecule has 0 fully saturated rings. The van der Waals surface area contributed by atoms with Crippen LogP contribution in [0, 0.1) is 24.1 Å². The Kier molecular flexibility index (Phi) is 5.88. The van der Waals surface area contributed by atoms with E-state index in [4.69, 9.17) is 4.74 Å². The van der Waals surface area contributed by atoms with Crippen LogP contribution in [0.2, 0.25) is 0 Å². The van der Waals surface area contributed by atoms with Gasteiger partial charge >= 0.3 is 11.7 Å². The van der Waals surface area contributed by atoms with Crippen LogP contribution in [-0.4, -0.2) is 21.2 Å². The molecule has 0 unspecified atom stereocenters. The quantitative estimate of drug-likeness (QED) is 0.752. The first-order valence-corrected chi connectivity index (χ1v) is 8.78. The first-order chi connectivity index (χ1) is 13.0. The second-order valence-corrected chi connectivity index (χ2v) is 7.06. The number of hydrogen-bond donors (Lipinski definition) is 0. The minimum absolute atomic E-state index is 0.0950. The molecule has 7 nitrogen and oxygen atoms in total. The zero-order valence-electron chi connectivity index (χ0n) is 16.7. The molecule has 0 atom stereocenters. The van der Waals surface area contributed by atoms with Crippen LogP contribution in [0.4, 0.5) is 4.39 Å². The Morgan fingerprint density at radius 1 is 1.21 bits per heavy atom. The minimum atomic E-state index is -0.964. The van der Waals surface area contributed by atoms with Gasteiger partial charge in [0.25, 0.3) is 5.56 Å². The van der Waals surface area contributed by atoms with E-state index in [1.54, 1.807) is 26.8 Å². The van der Waals surface area contributed by atoms with Crippen molar-refractivity contribution in [2.24, 2.45) is 7.05 Å². The standard InChI is InChI=1S/C20H22FN3O4/c1-10(2)17-12(5)18(25)24(20(27)23(17)6)16-8-14(19(26)28-11(3)4)13(9-22)7-15(16)21/h7-8,10-11H,1-6H3. The van der Waals surface area contributed by atoms with Gasteiger partial charge in [-0.15, -0.1) is 0 Å². The minimum Gasteiger partial charge on any atom is -0.459 e. The smallest absolute Gasteiger partial charge is 0.339 e. The number of benzene rings is 1. The van der Waals surface area contributed by atoms with Crippen LogP contribution in [-0.2, 0) is 11.8 Å². The number of carbonyl (C=O) groups excluding carboxylic acids is 1. The summed E-state index contributed by atoms with van der Waals surface area (Å²) < 4.78 is 21.7. The molecule has 8 heteroatoms. The highest BCUT2D eigenvalue weighted by Gasteiger charge is 2.23. The van der Waals surface area contributed by atoms with E-state index in [1.807, 2.05) is 13.8 Å². The molecule has 0 N–H and O–H groups in total. The molecular formula is C20H22FN3O4. The molecule has 0 bridgehead atoms. The summed E-state index contributed by atoms with van der Waals surface area (Å²) in [5.74, 6) is -1.90. The molecule has 2 aromatic rings. The summed E-state index contributed by atoms with van der Waals surface area (Å²) in [7, 11) is 1.50. The first kappa shape index (κ1) is 21.1. The van der Waals surface area contributed by atoms with Crippen molar-refractivity contribution in [1.82, 2.24) is 9.13 Å². The molecular weight excluding hydrogens is 365 g/mol. The number of rotatable bonds is 4. The fraction of sp³-hybridized carbons (Fsp3) is 0.400. The lowest BCUT2D eigenvalue weighted by Gasteiger charge is -2.18. The molecule has 0 aliphatic carbocycles. The molecule has 0 saturated heterocycles. The van der Waals surface area contributed by atoms with E-state index in [-0.39, 0.29) is 17.0 Å². The second kappa shape index (κ2) is 7.80. The number of ether oxygens (including phenoxy) is 1. The Bertz CT molecular complexity index is 1070. The number of nitriles is 1. The lowest BCUT2D eigenvalue weighted by molar-refractivity contribution is 0.0377. The summed E-state index contributed by atoms with van der Waals surface area (Å²) in [6, 6.07) is 3.57. The van der Waals surface area contributed by atoms with Gasteiger partial charge in [-0.3, -0.25) is 9.36 Å². The van der Waals surface area contributed by atoms with Crippen molar-refractivity contribution in [3.8, 4) is 11.8 Å². The Morgan fingerprint density at radius 3 is 2.32 bits per heavy atom. The van der Waals surface area contributed by atoms with Crippen LogP contribution >= 0.6 is 0 Å². The summed E-state index contributed by atoms with van der Waals surface area (Å²) >= 11 is 0. The molecule has 0 aliphatic rings. The van der Waals surface area contributed by atoms with Gasteiger partial charge in [0.2, 0.25) is 0 Å². The Hall–Kier alpha value is -3.21. The number of hydrogen-bond acceptors (Lipinski definition) is 5. The molecule has 1 aromatic carbocycles. The van der Waals surface area contributed by atoms with Gasteiger partial charge in [-0.2, -0.15) is 5.26 Å². The Labute approximate surface area is 161 Å². The third kappa shape index (κ3) is 3.60. The highest BCUT2D eigenvalue weighted by molar-refractivity contribution is 5.93.